The Kier molecular flexibility index (Phi) is 5.95. The molecule has 1 aromatic carbocycles. The third-order valence-electron chi connectivity index (χ3n) is 5.86. The Labute approximate surface area is 179 Å². The molecule has 1 atom stereocenters. The molecule has 30 heavy (non-hydrogen) atoms. The molecule has 0 aromatic heterocycles. The first kappa shape index (κ1) is 22.6. The van der Waals surface area contributed by atoms with E-state index in [0.717, 1.165) is 5.46 Å². The number of ether oxygens (including phenoxy) is 1. The lowest BCUT2D eigenvalue weighted by Crippen LogP contribution is -2.41. The Morgan fingerprint density at radius 3 is 2.40 bits per heavy atom. The Hall–Kier alpha value is -2.06. The average molecular weight is 416 g/mol. The normalized spacial score (nSPS) is 22.8. The highest BCUT2D eigenvalue weighted by molar-refractivity contribution is 6.62. The molecule has 1 N–H and O–H groups in total. The van der Waals surface area contributed by atoms with Crippen molar-refractivity contribution in [2.24, 2.45) is 0 Å². The molecule has 2 fully saturated rings. The van der Waals surface area contributed by atoms with E-state index in [1.54, 1.807) is 11.0 Å². The molecule has 0 spiro atoms. The van der Waals surface area contributed by atoms with Gasteiger partial charge in [0.2, 0.25) is 0 Å². The molecule has 2 amide bonds. The molecule has 0 radical (unpaired) electrons. The molecule has 2 aliphatic rings. The topological polar surface area (TPSA) is 77.1 Å². The number of benzene rings is 1. The molecule has 8 heteroatoms. The third-order valence-corrected chi connectivity index (χ3v) is 5.86. The van der Waals surface area contributed by atoms with E-state index in [4.69, 9.17) is 14.0 Å². The van der Waals surface area contributed by atoms with Gasteiger partial charge in [-0.2, -0.15) is 0 Å². The number of carbonyl (C=O) groups excluding carboxylic acids is 2. The highest BCUT2D eigenvalue weighted by Crippen LogP contribution is 2.36. The van der Waals surface area contributed by atoms with Gasteiger partial charge in [-0.1, -0.05) is 12.1 Å². The number of alkyl carbamates (subject to hydrolysis) is 1. The minimum absolute atomic E-state index is 0.0677. The van der Waals surface area contributed by atoms with Crippen LogP contribution in [0.1, 0.15) is 65.2 Å². The van der Waals surface area contributed by atoms with Gasteiger partial charge in [-0.05, 0) is 72.5 Å². The van der Waals surface area contributed by atoms with Crippen molar-refractivity contribution in [3.63, 3.8) is 0 Å². The Morgan fingerprint density at radius 2 is 1.80 bits per heavy atom. The van der Waals surface area contributed by atoms with Crippen LogP contribution < -0.4 is 10.8 Å². The summed E-state index contributed by atoms with van der Waals surface area (Å²) in [7, 11) is -0.511. The van der Waals surface area contributed by atoms with Crippen LogP contribution in [0.4, 0.5) is 4.79 Å². The number of amides is 2. The van der Waals surface area contributed by atoms with Crippen molar-refractivity contribution in [1.29, 1.82) is 0 Å². The fourth-order valence-corrected chi connectivity index (χ4v) is 3.52. The van der Waals surface area contributed by atoms with Crippen LogP contribution in [-0.2, 0) is 14.0 Å². The van der Waals surface area contributed by atoms with E-state index in [1.807, 2.05) is 66.7 Å². The largest absolute Gasteiger partial charge is 0.494 e. The molecule has 0 bridgehead atoms. The summed E-state index contributed by atoms with van der Waals surface area (Å²) in [6, 6.07) is 7.27. The van der Waals surface area contributed by atoms with Crippen LogP contribution in [0.2, 0.25) is 0 Å². The van der Waals surface area contributed by atoms with Gasteiger partial charge in [-0.15, -0.1) is 0 Å². The summed E-state index contributed by atoms with van der Waals surface area (Å²) in [5, 5.41) is 2.85. The van der Waals surface area contributed by atoms with E-state index in [9.17, 15) is 9.59 Å². The van der Waals surface area contributed by atoms with Crippen molar-refractivity contribution >= 4 is 24.6 Å². The molecule has 0 aliphatic carbocycles. The third kappa shape index (κ3) is 4.98. The predicted octanol–water partition coefficient (Wildman–Crippen LogP) is 2.73. The maximum absolute atomic E-state index is 13.0. The van der Waals surface area contributed by atoms with Crippen molar-refractivity contribution in [3.8, 4) is 0 Å². The van der Waals surface area contributed by atoms with Gasteiger partial charge in [0, 0.05) is 18.7 Å². The molecular weight excluding hydrogens is 383 g/mol. The van der Waals surface area contributed by atoms with Crippen molar-refractivity contribution in [3.05, 3.63) is 29.8 Å². The first-order chi connectivity index (χ1) is 13.8. The van der Waals surface area contributed by atoms with E-state index in [1.165, 1.54) is 0 Å². The van der Waals surface area contributed by atoms with Crippen LogP contribution in [0, 0.1) is 0 Å². The van der Waals surface area contributed by atoms with Crippen LogP contribution in [0.3, 0.4) is 0 Å². The zero-order valence-corrected chi connectivity index (χ0v) is 19.1. The van der Waals surface area contributed by atoms with Crippen molar-refractivity contribution in [2.75, 3.05) is 13.1 Å². The highest BCUT2D eigenvalue weighted by atomic mass is 16.7. The molecule has 164 valence electrons. The zero-order chi connectivity index (χ0) is 22.3. The number of carbonyl (C=O) groups is 2. The van der Waals surface area contributed by atoms with E-state index in [0.29, 0.717) is 25.1 Å². The van der Waals surface area contributed by atoms with E-state index < -0.39 is 30.0 Å². The smallest absolute Gasteiger partial charge is 0.444 e. The molecule has 2 saturated heterocycles. The average Bonchev–Trinajstić information content (AvgIpc) is 3.14. The Balaban J connectivity index is 1.63. The van der Waals surface area contributed by atoms with Gasteiger partial charge in [-0.25, -0.2) is 4.79 Å². The second kappa shape index (κ2) is 7.89. The number of nitrogens with zero attached hydrogens (tertiary/aromatic N) is 1. The minimum atomic E-state index is -0.549. The quantitative estimate of drug-likeness (QED) is 0.767. The Bertz CT molecular complexity index is 802. The molecule has 3 rings (SSSR count). The van der Waals surface area contributed by atoms with Crippen molar-refractivity contribution in [1.82, 2.24) is 10.2 Å². The van der Waals surface area contributed by atoms with Crippen LogP contribution in [-0.4, -0.2) is 60.0 Å². The van der Waals surface area contributed by atoms with Crippen molar-refractivity contribution < 1.29 is 23.6 Å². The predicted molar refractivity (Wildman–Crippen MR) is 116 cm³/mol. The molecule has 7 nitrogen and oxygen atoms in total. The lowest BCUT2D eigenvalue weighted by atomic mass is 9.78. The number of nitrogens with one attached hydrogen (secondary N) is 1. The maximum atomic E-state index is 13.0. The summed E-state index contributed by atoms with van der Waals surface area (Å²) in [5.74, 6) is -0.0677. The van der Waals surface area contributed by atoms with Crippen LogP contribution >= 0.6 is 0 Å². The SMILES string of the molecule is CC(C)(C)OC(=O)N[C@@H]1CCN(C(=O)c2cccc(B3OC(C)(C)C(C)(C)O3)c2)C1. The van der Waals surface area contributed by atoms with Gasteiger partial charge in [0.1, 0.15) is 5.60 Å². The lowest BCUT2D eigenvalue weighted by Gasteiger charge is -2.32. The van der Waals surface area contributed by atoms with Gasteiger partial charge < -0.3 is 24.3 Å². The maximum Gasteiger partial charge on any atom is 0.494 e. The first-order valence-electron chi connectivity index (χ1n) is 10.5. The zero-order valence-electron chi connectivity index (χ0n) is 19.1. The van der Waals surface area contributed by atoms with Gasteiger partial charge in [0.15, 0.2) is 0 Å². The second-order valence-corrected chi connectivity index (χ2v) is 10.1. The van der Waals surface area contributed by atoms with E-state index in [-0.39, 0.29) is 11.9 Å². The van der Waals surface area contributed by atoms with Gasteiger partial charge >= 0.3 is 13.2 Å². The lowest BCUT2D eigenvalue weighted by molar-refractivity contribution is 0.00578. The van der Waals surface area contributed by atoms with Crippen LogP contribution in [0.25, 0.3) is 0 Å². The summed E-state index contributed by atoms with van der Waals surface area (Å²) < 4.78 is 17.5. The van der Waals surface area contributed by atoms with Crippen LogP contribution in [0.15, 0.2) is 24.3 Å². The molecule has 0 saturated carbocycles. The fraction of sp³-hybridized carbons (Fsp3) is 0.636. The van der Waals surface area contributed by atoms with E-state index >= 15 is 0 Å². The highest BCUT2D eigenvalue weighted by Gasteiger charge is 2.51. The summed E-state index contributed by atoms with van der Waals surface area (Å²) >= 11 is 0. The number of hydrogen-bond donors (Lipinski definition) is 1. The second-order valence-electron chi connectivity index (χ2n) is 10.1. The summed E-state index contributed by atoms with van der Waals surface area (Å²) in [6.45, 7) is 14.5. The van der Waals surface area contributed by atoms with Crippen LogP contribution in [0.5, 0.6) is 0 Å². The first-order valence-corrected chi connectivity index (χ1v) is 10.5. The summed E-state index contributed by atoms with van der Waals surface area (Å²) in [6.07, 6.45) is 0.242. The number of hydrogen-bond acceptors (Lipinski definition) is 5. The standard InChI is InChI=1S/C22H33BN2O5/c1-20(2,3)28-19(27)24-17-11-12-25(14-17)18(26)15-9-8-10-16(13-15)23-29-21(4,5)22(6,7)30-23/h8-10,13,17H,11-12,14H2,1-7H3,(H,24,27)/t17-/m1/s1. The molecule has 2 heterocycles. The Morgan fingerprint density at radius 1 is 1.17 bits per heavy atom. The molecule has 1 aromatic rings. The monoisotopic (exact) mass is 416 g/mol. The summed E-state index contributed by atoms with van der Waals surface area (Å²) in [4.78, 5) is 26.8. The minimum Gasteiger partial charge on any atom is -0.444 e. The van der Waals surface area contributed by atoms with Gasteiger partial charge in [-0.3, -0.25) is 4.79 Å². The molecule has 2 aliphatic heterocycles. The summed E-state index contributed by atoms with van der Waals surface area (Å²) in [5.41, 5.74) is -0.0192. The van der Waals surface area contributed by atoms with Gasteiger partial charge in [0.05, 0.1) is 17.2 Å². The number of likely N-dealkylation sites (tertiary alicyclic amines) is 1. The molecule has 0 unspecified atom stereocenters. The van der Waals surface area contributed by atoms with Crippen molar-refractivity contribution in [2.45, 2.75) is 77.7 Å². The number of rotatable bonds is 3. The fourth-order valence-electron chi connectivity index (χ4n) is 3.52. The van der Waals surface area contributed by atoms with E-state index in [2.05, 4.69) is 5.32 Å². The molecular formula is C22H33BN2O5. The van der Waals surface area contributed by atoms with Gasteiger partial charge in [0.25, 0.3) is 5.91 Å².